The van der Waals surface area contributed by atoms with Crippen LogP contribution in [-0.4, -0.2) is 21.1 Å². The van der Waals surface area contributed by atoms with Crippen LogP contribution in [0.2, 0.25) is 5.02 Å². The second-order valence-corrected chi connectivity index (χ2v) is 5.22. The summed E-state index contributed by atoms with van der Waals surface area (Å²) < 4.78 is 0.706. The molecule has 0 fully saturated rings. The van der Waals surface area contributed by atoms with Crippen molar-refractivity contribution >= 4 is 39.1 Å². The number of H-pyrrole nitrogens is 1. The highest BCUT2D eigenvalue weighted by molar-refractivity contribution is 9.10. The molecule has 0 saturated heterocycles. The summed E-state index contributed by atoms with van der Waals surface area (Å²) in [5, 5.41) is 9.94. The largest absolute Gasteiger partial charge is 0.318 e. The summed E-state index contributed by atoms with van der Waals surface area (Å²) in [5.41, 5.74) is 0.622. The summed E-state index contributed by atoms with van der Waals surface area (Å²) in [4.78, 5) is 16.1. The van der Waals surface area contributed by atoms with Crippen molar-refractivity contribution in [3.63, 3.8) is 0 Å². The third-order valence-electron chi connectivity index (χ3n) is 2.40. The fourth-order valence-electron chi connectivity index (χ4n) is 1.51. The SMILES string of the molecule is CCCc1nc(C(=O)Nc2ccc(Cl)cc2Br)n[nH]1. The summed E-state index contributed by atoms with van der Waals surface area (Å²) in [6.07, 6.45) is 1.71. The fourth-order valence-corrected chi connectivity index (χ4v) is 2.30. The number of nitrogens with one attached hydrogen (secondary N) is 2. The maximum Gasteiger partial charge on any atom is 0.295 e. The van der Waals surface area contributed by atoms with Crippen molar-refractivity contribution in [2.24, 2.45) is 0 Å². The highest BCUT2D eigenvalue weighted by atomic mass is 79.9. The number of halogens is 2. The lowest BCUT2D eigenvalue weighted by atomic mass is 10.3. The van der Waals surface area contributed by atoms with Crippen LogP contribution in [0.5, 0.6) is 0 Å². The van der Waals surface area contributed by atoms with Crippen LogP contribution in [0.3, 0.4) is 0 Å². The normalized spacial score (nSPS) is 10.5. The maximum atomic E-state index is 12.0. The molecular weight excluding hydrogens is 332 g/mol. The van der Waals surface area contributed by atoms with Crippen LogP contribution < -0.4 is 5.32 Å². The maximum absolute atomic E-state index is 12.0. The van der Waals surface area contributed by atoms with Crippen LogP contribution in [0.1, 0.15) is 29.8 Å². The molecular formula is C12H12BrClN4O. The molecule has 2 N–H and O–H groups in total. The van der Waals surface area contributed by atoms with E-state index in [1.165, 1.54) is 0 Å². The molecule has 0 atom stereocenters. The minimum absolute atomic E-state index is 0.130. The predicted molar refractivity (Wildman–Crippen MR) is 77.5 cm³/mol. The average Bonchev–Trinajstić information content (AvgIpc) is 2.82. The van der Waals surface area contributed by atoms with Crippen molar-refractivity contribution in [2.75, 3.05) is 5.32 Å². The fraction of sp³-hybridized carbons (Fsp3) is 0.250. The van der Waals surface area contributed by atoms with E-state index >= 15 is 0 Å². The van der Waals surface area contributed by atoms with Gasteiger partial charge in [-0.2, -0.15) is 0 Å². The Bertz CT molecular complexity index is 599. The Labute approximate surface area is 123 Å². The van der Waals surface area contributed by atoms with Gasteiger partial charge >= 0.3 is 0 Å². The van der Waals surface area contributed by atoms with Crippen LogP contribution in [0.15, 0.2) is 22.7 Å². The van der Waals surface area contributed by atoms with E-state index in [9.17, 15) is 4.79 Å². The Morgan fingerprint density at radius 1 is 1.53 bits per heavy atom. The lowest BCUT2D eigenvalue weighted by Gasteiger charge is -2.05. The molecule has 1 aromatic heterocycles. The van der Waals surface area contributed by atoms with Crippen molar-refractivity contribution in [3.8, 4) is 0 Å². The van der Waals surface area contributed by atoms with E-state index in [2.05, 4.69) is 36.4 Å². The number of carbonyl (C=O) groups is 1. The lowest BCUT2D eigenvalue weighted by Crippen LogP contribution is -2.14. The molecule has 1 aromatic carbocycles. The van der Waals surface area contributed by atoms with Gasteiger partial charge in [-0.3, -0.25) is 9.89 Å². The molecule has 0 saturated carbocycles. The average molecular weight is 344 g/mol. The van der Waals surface area contributed by atoms with Crippen LogP contribution in [-0.2, 0) is 6.42 Å². The number of aryl methyl sites for hydroxylation is 1. The summed E-state index contributed by atoms with van der Waals surface area (Å²) in [6, 6.07) is 5.12. The number of rotatable bonds is 4. The van der Waals surface area contributed by atoms with Gasteiger partial charge < -0.3 is 5.32 Å². The zero-order chi connectivity index (χ0) is 13.8. The smallest absolute Gasteiger partial charge is 0.295 e. The first kappa shape index (κ1) is 14.0. The van der Waals surface area contributed by atoms with Crippen molar-refractivity contribution in [1.29, 1.82) is 0 Å². The number of nitrogens with zero attached hydrogens (tertiary/aromatic N) is 2. The van der Waals surface area contributed by atoms with Gasteiger partial charge in [0.05, 0.1) is 5.69 Å². The Morgan fingerprint density at radius 2 is 2.32 bits per heavy atom. The predicted octanol–water partition coefficient (Wildman–Crippen LogP) is 3.43. The minimum atomic E-state index is -0.360. The molecule has 1 amide bonds. The van der Waals surface area contributed by atoms with Gasteiger partial charge in [0.2, 0.25) is 5.82 Å². The van der Waals surface area contributed by atoms with E-state index in [1.54, 1.807) is 18.2 Å². The summed E-state index contributed by atoms with van der Waals surface area (Å²) in [5.74, 6) is 0.481. The van der Waals surface area contributed by atoms with E-state index in [-0.39, 0.29) is 11.7 Å². The number of aromatic amines is 1. The first-order chi connectivity index (χ1) is 9.10. The Morgan fingerprint density at radius 3 is 3.00 bits per heavy atom. The first-order valence-corrected chi connectivity index (χ1v) is 6.95. The molecule has 0 aliphatic carbocycles. The molecule has 0 aliphatic rings. The van der Waals surface area contributed by atoms with E-state index in [0.29, 0.717) is 21.0 Å². The highest BCUT2D eigenvalue weighted by Crippen LogP contribution is 2.26. The van der Waals surface area contributed by atoms with Gasteiger partial charge in [0.25, 0.3) is 5.91 Å². The van der Waals surface area contributed by atoms with Crippen LogP contribution in [0, 0.1) is 0 Å². The molecule has 0 aliphatic heterocycles. The zero-order valence-electron chi connectivity index (χ0n) is 10.2. The highest BCUT2D eigenvalue weighted by Gasteiger charge is 2.13. The number of aromatic nitrogens is 3. The summed E-state index contributed by atoms with van der Waals surface area (Å²) >= 11 is 9.17. The summed E-state index contributed by atoms with van der Waals surface area (Å²) in [6.45, 7) is 2.03. The van der Waals surface area contributed by atoms with Crippen LogP contribution >= 0.6 is 27.5 Å². The molecule has 100 valence electrons. The second kappa shape index (κ2) is 6.16. The molecule has 7 heteroatoms. The number of amides is 1. The van der Waals surface area contributed by atoms with Gasteiger partial charge in [-0.1, -0.05) is 18.5 Å². The minimum Gasteiger partial charge on any atom is -0.318 e. The van der Waals surface area contributed by atoms with Crippen molar-refractivity contribution < 1.29 is 4.79 Å². The lowest BCUT2D eigenvalue weighted by molar-refractivity contribution is 0.101. The standard InChI is InChI=1S/C12H12BrClN4O/c1-2-3-10-16-11(18-17-10)12(19)15-9-5-4-7(14)6-8(9)13/h4-6H,2-3H2,1H3,(H,15,19)(H,16,17,18). The van der Waals surface area contributed by atoms with Crippen LogP contribution in [0.4, 0.5) is 5.69 Å². The molecule has 2 rings (SSSR count). The molecule has 5 nitrogen and oxygen atoms in total. The third kappa shape index (κ3) is 3.54. The van der Waals surface area contributed by atoms with E-state index < -0.39 is 0 Å². The molecule has 19 heavy (non-hydrogen) atoms. The van der Waals surface area contributed by atoms with Gasteiger partial charge in [-0.05, 0) is 40.5 Å². The monoisotopic (exact) mass is 342 g/mol. The number of carbonyl (C=O) groups excluding carboxylic acids is 1. The van der Waals surface area contributed by atoms with E-state index in [0.717, 1.165) is 12.8 Å². The topological polar surface area (TPSA) is 70.7 Å². The zero-order valence-corrected chi connectivity index (χ0v) is 12.5. The molecule has 2 aromatic rings. The molecule has 1 heterocycles. The number of anilines is 1. The second-order valence-electron chi connectivity index (χ2n) is 3.93. The van der Waals surface area contributed by atoms with Crippen molar-refractivity contribution in [2.45, 2.75) is 19.8 Å². The van der Waals surface area contributed by atoms with Gasteiger partial charge in [0.15, 0.2) is 0 Å². The van der Waals surface area contributed by atoms with Crippen molar-refractivity contribution in [3.05, 3.63) is 39.3 Å². The molecule has 0 radical (unpaired) electrons. The van der Waals surface area contributed by atoms with Gasteiger partial charge in [0, 0.05) is 15.9 Å². The van der Waals surface area contributed by atoms with Gasteiger partial charge in [-0.15, -0.1) is 5.10 Å². The number of hydrogen-bond acceptors (Lipinski definition) is 3. The van der Waals surface area contributed by atoms with Gasteiger partial charge in [-0.25, -0.2) is 4.98 Å². The van der Waals surface area contributed by atoms with E-state index in [4.69, 9.17) is 11.6 Å². The van der Waals surface area contributed by atoms with E-state index in [1.807, 2.05) is 6.92 Å². The number of benzene rings is 1. The molecule has 0 unspecified atom stereocenters. The molecule has 0 bridgehead atoms. The summed E-state index contributed by atoms with van der Waals surface area (Å²) in [7, 11) is 0. The van der Waals surface area contributed by atoms with Gasteiger partial charge in [0.1, 0.15) is 5.82 Å². The first-order valence-electron chi connectivity index (χ1n) is 5.78. The third-order valence-corrected chi connectivity index (χ3v) is 3.29. The Hall–Kier alpha value is -1.40. The molecule has 0 spiro atoms. The van der Waals surface area contributed by atoms with Crippen LogP contribution in [0.25, 0.3) is 0 Å². The quantitative estimate of drug-likeness (QED) is 0.893. The van der Waals surface area contributed by atoms with Crippen molar-refractivity contribution in [1.82, 2.24) is 15.2 Å². The Balaban J connectivity index is 2.11. The Kier molecular flexibility index (Phi) is 4.55. The number of hydrogen-bond donors (Lipinski definition) is 2.